The molecule has 0 saturated carbocycles. The van der Waals surface area contributed by atoms with Crippen LogP contribution in [0.5, 0.6) is 0 Å². The van der Waals surface area contributed by atoms with Crippen molar-refractivity contribution < 1.29 is 29.1 Å². The SMILES string of the molecule is CCOC(=O)C(C(=O)OCC)=C(O)c1ccc([N+](=O)[O-])cc1. The molecule has 0 aliphatic carbocycles. The minimum Gasteiger partial charge on any atom is -0.506 e. The summed E-state index contributed by atoms with van der Waals surface area (Å²) in [7, 11) is 0. The Balaban J connectivity index is 3.27. The average molecular weight is 309 g/mol. The molecule has 0 heterocycles. The Morgan fingerprint density at radius 3 is 1.91 bits per heavy atom. The summed E-state index contributed by atoms with van der Waals surface area (Å²) in [5.41, 5.74) is -0.787. The summed E-state index contributed by atoms with van der Waals surface area (Å²) < 4.78 is 9.42. The summed E-state index contributed by atoms with van der Waals surface area (Å²) in [6, 6.07) is 4.71. The van der Waals surface area contributed by atoms with Gasteiger partial charge in [0.15, 0.2) is 5.57 Å². The topological polar surface area (TPSA) is 116 Å². The number of aliphatic hydroxyl groups excluding tert-OH is 1. The number of aliphatic hydroxyl groups is 1. The summed E-state index contributed by atoms with van der Waals surface area (Å²) in [6.45, 7) is 3.11. The second-order valence-electron chi connectivity index (χ2n) is 3.97. The van der Waals surface area contributed by atoms with Crippen LogP contribution in [0.4, 0.5) is 5.69 Å². The Labute approximate surface area is 126 Å². The summed E-state index contributed by atoms with van der Waals surface area (Å²) in [5.74, 6) is -2.72. The van der Waals surface area contributed by atoms with E-state index in [1.165, 1.54) is 12.1 Å². The van der Waals surface area contributed by atoms with Crippen LogP contribution < -0.4 is 0 Å². The molecule has 0 aliphatic rings. The standard InChI is InChI=1S/C14H15NO7/c1-3-21-13(17)11(14(18)22-4-2)12(16)9-5-7-10(8-6-9)15(19)20/h5-8,16H,3-4H2,1-2H3. The molecule has 118 valence electrons. The molecular formula is C14H15NO7. The van der Waals surface area contributed by atoms with Gasteiger partial charge < -0.3 is 14.6 Å². The minimum atomic E-state index is -1.03. The summed E-state index contributed by atoms with van der Waals surface area (Å²) in [5, 5.41) is 20.7. The number of nitro groups is 1. The molecular weight excluding hydrogens is 294 g/mol. The first-order chi connectivity index (χ1) is 10.4. The van der Waals surface area contributed by atoms with Crippen molar-refractivity contribution in [1.29, 1.82) is 0 Å². The average Bonchev–Trinajstić information content (AvgIpc) is 2.48. The predicted molar refractivity (Wildman–Crippen MR) is 75.9 cm³/mol. The Hall–Kier alpha value is -2.90. The number of hydrogen-bond donors (Lipinski definition) is 1. The highest BCUT2D eigenvalue weighted by atomic mass is 16.6. The number of rotatable bonds is 6. The Kier molecular flexibility index (Phi) is 6.06. The first-order valence-corrected chi connectivity index (χ1v) is 6.44. The Bertz CT molecular complexity index is 584. The van der Waals surface area contributed by atoms with Crippen LogP contribution in [0.25, 0.3) is 5.76 Å². The van der Waals surface area contributed by atoms with Gasteiger partial charge in [0.1, 0.15) is 5.76 Å². The molecule has 0 aromatic heterocycles. The number of nitro benzene ring substituents is 1. The number of benzene rings is 1. The lowest BCUT2D eigenvalue weighted by Crippen LogP contribution is -2.20. The lowest BCUT2D eigenvalue weighted by atomic mass is 10.1. The van der Waals surface area contributed by atoms with Gasteiger partial charge in [0.05, 0.1) is 18.1 Å². The molecule has 1 N–H and O–H groups in total. The van der Waals surface area contributed by atoms with Gasteiger partial charge in [0.25, 0.3) is 5.69 Å². The van der Waals surface area contributed by atoms with Gasteiger partial charge in [0, 0.05) is 17.7 Å². The molecule has 1 aromatic rings. The molecule has 0 bridgehead atoms. The first-order valence-electron chi connectivity index (χ1n) is 6.44. The van der Waals surface area contributed by atoms with Gasteiger partial charge in [-0.05, 0) is 26.0 Å². The maximum Gasteiger partial charge on any atom is 0.349 e. The normalized spacial score (nSPS) is 9.73. The van der Waals surface area contributed by atoms with Crippen LogP contribution in [0, 0.1) is 10.1 Å². The molecule has 0 aliphatic heterocycles. The van der Waals surface area contributed by atoms with Gasteiger partial charge in [-0.25, -0.2) is 9.59 Å². The zero-order valence-electron chi connectivity index (χ0n) is 12.1. The molecule has 1 rings (SSSR count). The molecule has 0 spiro atoms. The first kappa shape index (κ1) is 17.2. The van der Waals surface area contributed by atoms with E-state index in [0.717, 1.165) is 12.1 Å². The fraction of sp³-hybridized carbons (Fsp3) is 0.286. The zero-order valence-corrected chi connectivity index (χ0v) is 12.1. The van der Waals surface area contributed by atoms with Gasteiger partial charge in [0.2, 0.25) is 0 Å². The van der Waals surface area contributed by atoms with Crippen molar-refractivity contribution in [3.05, 3.63) is 45.5 Å². The number of carbonyl (C=O) groups is 2. The van der Waals surface area contributed by atoms with Crippen LogP contribution in [0.1, 0.15) is 19.4 Å². The number of esters is 2. The summed E-state index contributed by atoms with van der Waals surface area (Å²) in [4.78, 5) is 33.6. The van der Waals surface area contributed by atoms with E-state index in [9.17, 15) is 24.8 Å². The molecule has 22 heavy (non-hydrogen) atoms. The minimum absolute atomic E-state index is 0.00921. The number of hydrogen-bond acceptors (Lipinski definition) is 7. The lowest BCUT2D eigenvalue weighted by molar-refractivity contribution is -0.384. The number of ether oxygens (including phenoxy) is 2. The van der Waals surface area contributed by atoms with E-state index < -0.39 is 28.2 Å². The van der Waals surface area contributed by atoms with Gasteiger partial charge in [-0.2, -0.15) is 0 Å². The van der Waals surface area contributed by atoms with Crippen LogP contribution in [-0.4, -0.2) is 35.2 Å². The molecule has 8 nitrogen and oxygen atoms in total. The third kappa shape index (κ3) is 4.05. The van der Waals surface area contributed by atoms with Crippen LogP contribution in [0.2, 0.25) is 0 Å². The van der Waals surface area contributed by atoms with Crippen LogP contribution >= 0.6 is 0 Å². The number of nitrogens with zero attached hydrogens (tertiary/aromatic N) is 1. The van der Waals surface area contributed by atoms with Crippen molar-refractivity contribution in [3.8, 4) is 0 Å². The van der Waals surface area contributed by atoms with Crippen molar-refractivity contribution in [2.45, 2.75) is 13.8 Å². The van der Waals surface area contributed by atoms with Crippen molar-refractivity contribution in [2.75, 3.05) is 13.2 Å². The van der Waals surface area contributed by atoms with Crippen molar-refractivity contribution >= 4 is 23.4 Å². The molecule has 0 atom stereocenters. The maximum absolute atomic E-state index is 11.8. The summed E-state index contributed by atoms with van der Waals surface area (Å²) >= 11 is 0. The van der Waals surface area contributed by atoms with Gasteiger partial charge in [-0.3, -0.25) is 10.1 Å². The molecule has 0 saturated heterocycles. The molecule has 0 fully saturated rings. The maximum atomic E-state index is 11.8. The van der Waals surface area contributed by atoms with E-state index in [2.05, 4.69) is 0 Å². The van der Waals surface area contributed by atoms with E-state index in [1.54, 1.807) is 13.8 Å². The summed E-state index contributed by atoms with van der Waals surface area (Å²) in [6.07, 6.45) is 0. The molecule has 8 heteroatoms. The van der Waals surface area contributed by atoms with E-state index in [-0.39, 0.29) is 24.5 Å². The number of non-ortho nitro benzene ring substituents is 1. The van der Waals surface area contributed by atoms with E-state index in [0.29, 0.717) is 0 Å². The fourth-order valence-electron chi connectivity index (χ4n) is 1.57. The van der Waals surface area contributed by atoms with Crippen LogP contribution in [-0.2, 0) is 19.1 Å². The monoisotopic (exact) mass is 309 g/mol. The van der Waals surface area contributed by atoms with Gasteiger partial charge in [-0.15, -0.1) is 0 Å². The third-order valence-corrected chi connectivity index (χ3v) is 2.55. The molecule has 1 aromatic carbocycles. The van der Waals surface area contributed by atoms with Crippen molar-refractivity contribution in [2.24, 2.45) is 0 Å². The quantitative estimate of drug-likeness (QED) is 0.162. The lowest BCUT2D eigenvalue weighted by Gasteiger charge is -2.09. The number of carbonyl (C=O) groups excluding carboxylic acids is 2. The van der Waals surface area contributed by atoms with Gasteiger partial charge >= 0.3 is 11.9 Å². The fourth-order valence-corrected chi connectivity index (χ4v) is 1.57. The third-order valence-electron chi connectivity index (χ3n) is 2.55. The van der Waals surface area contributed by atoms with Crippen LogP contribution in [0.15, 0.2) is 29.8 Å². The predicted octanol–water partition coefficient (Wildman–Crippen LogP) is 1.99. The largest absolute Gasteiger partial charge is 0.506 e. The van der Waals surface area contributed by atoms with Crippen LogP contribution in [0.3, 0.4) is 0 Å². The second-order valence-corrected chi connectivity index (χ2v) is 3.97. The van der Waals surface area contributed by atoms with Crippen molar-refractivity contribution in [1.82, 2.24) is 0 Å². The molecule has 0 amide bonds. The second kappa shape index (κ2) is 7.77. The highest BCUT2D eigenvalue weighted by Gasteiger charge is 2.27. The van der Waals surface area contributed by atoms with Crippen molar-refractivity contribution in [3.63, 3.8) is 0 Å². The smallest absolute Gasteiger partial charge is 0.349 e. The van der Waals surface area contributed by atoms with E-state index in [4.69, 9.17) is 9.47 Å². The van der Waals surface area contributed by atoms with Gasteiger partial charge in [-0.1, -0.05) is 0 Å². The highest BCUT2D eigenvalue weighted by molar-refractivity contribution is 6.19. The van der Waals surface area contributed by atoms with E-state index >= 15 is 0 Å². The molecule has 0 radical (unpaired) electrons. The molecule has 0 unspecified atom stereocenters. The highest BCUT2D eigenvalue weighted by Crippen LogP contribution is 2.21. The Morgan fingerprint density at radius 1 is 1.09 bits per heavy atom. The Morgan fingerprint density at radius 2 is 1.55 bits per heavy atom. The van der Waals surface area contributed by atoms with E-state index in [1.807, 2.05) is 0 Å². The zero-order chi connectivity index (χ0) is 16.7.